The second-order valence-electron chi connectivity index (χ2n) is 4.29. The van der Waals surface area contributed by atoms with Crippen molar-refractivity contribution < 1.29 is 9.53 Å². The van der Waals surface area contributed by atoms with Crippen molar-refractivity contribution >= 4 is 5.91 Å². The minimum atomic E-state index is 0.115. The summed E-state index contributed by atoms with van der Waals surface area (Å²) in [6.07, 6.45) is 2.28. The van der Waals surface area contributed by atoms with Gasteiger partial charge in [0.15, 0.2) is 0 Å². The maximum Gasteiger partial charge on any atom is 0.221 e. The third-order valence-electron chi connectivity index (χ3n) is 2.89. The molecule has 0 aromatic heterocycles. The molecule has 18 heavy (non-hydrogen) atoms. The van der Waals surface area contributed by atoms with Crippen LogP contribution < -0.4 is 15.4 Å². The number of carbonyl (C=O) groups excluding carboxylic acids is 1. The summed E-state index contributed by atoms with van der Waals surface area (Å²) in [7, 11) is 0. The van der Waals surface area contributed by atoms with E-state index in [2.05, 4.69) is 17.2 Å². The Morgan fingerprint density at radius 3 is 3.06 bits per heavy atom. The van der Waals surface area contributed by atoms with Gasteiger partial charge in [0.25, 0.3) is 0 Å². The maximum absolute atomic E-state index is 11.1. The summed E-state index contributed by atoms with van der Waals surface area (Å²) < 4.78 is 5.58. The van der Waals surface area contributed by atoms with Crippen LogP contribution in [0.2, 0.25) is 0 Å². The highest BCUT2D eigenvalue weighted by Gasteiger charge is 2.20. The molecule has 2 N–H and O–H groups in total. The van der Waals surface area contributed by atoms with Crippen molar-refractivity contribution in [1.29, 1.82) is 0 Å². The summed E-state index contributed by atoms with van der Waals surface area (Å²) in [5.74, 6) is 0.978. The van der Waals surface area contributed by atoms with Gasteiger partial charge in [-0.25, -0.2) is 0 Å². The highest BCUT2D eigenvalue weighted by atomic mass is 16.5. The lowest BCUT2D eigenvalue weighted by molar-refractivity contribution is -0.119. The summed E-state index contributed by atoms with van der Waals surface area (Å²) >= 11 is 0. The number of benzene rings is 1. The zero-order valence-corrected chi connectivity index (χ0v) is 10.3. The van der Waals surface area contributed by atoms with Gasteiger partial charge in [-0.3, -0.25) is 4.79 Å². The van der Waals surface area contributed by atoms with Gasteiger partial charge < -0.3 is 15.4 Å². The van der Waals surface area contributed by atoms with Gasteiger partial charge in [0.2, 0.25) is 5.91 Å². The van der Waals surface area contributed by atoms with Crippen LogP contribution in [-0.4, -0.2) is 25.1 Å². The van der Waals surface area contributed by atoms with Crippen LogP contribution in [0.4, 0.5) is 0 Å². The first-order chi connectivity index (χ1) is 8.79. The average molecular weight is 246 g/mol. The van der Waals surface area contributed by atoms with Crippen LogP contribution in [0.3, 0.4) is 0 Å². The summed E-state index contributed by atoms with van der Waals surface area (Å²) in [5.41, 5.74) is 1.10. The van der Waals surface area contributed by atoms with E-state index in [1.165, 1.54) is 0 Å². The number of amides is 1. The summed E-state index contributed by atoms with van der Waals surface area (Å²) in [6.45, 7) is 5.54. The Balaban J connectivity index is 1.91. The van der Waals surface area contributed by atoms with Crippen LogP contribution in [0.1, 0.15) is 12.0 Å². The first-order valence-electron chi connectivity index (χ1n) is 6.11. The molecule has 1 fully saturated rings. The van der Waals surface area contributed by atoms with Gasteiger partial charge >= 0.3 is 0 Å². The van der Waals surface area contributed by atoms with E-state index in [1.807, 2.05) is 24.3 Å². The molecule has 1 atom stereocenters. The highest BCUT2D eigenvalue weighted by Crippen LogP contribution is 2.18. The number of nitrogens with one attached hydrogen (secondary N) is 2. The summed E-state index contributed by atoms with van der Waals surface area (Å²) in [4.78, 5) is 11.1. The molecular formula is C14H18N2O2. The molecule has 1 aromatic rings. The molecule has 1 aliphatic heterocycles. The fraction of sp³-hybridized carbons (Fsp3) is 0.357. The molecule has 96 valence electrons. The molecular weight excluding hydrogens is 228 g/mol. The number of carbonyl (C=O) groups is 1. The van der Waals surface area contributed by atoms with Crippen molar-refractivity contribution in [3.63, 3.8) is 0 Å². The largest absolute Gasteiger partial charge is 0.489 e. The van der Waals surface area contributed by atoms with Gasteiger partial charge in [-0.1, -0.05) is 30.9 Å². The van der Waals surface area contributed by atoms with E-state index in [-0.39, 0.29) is 11.9 Å². The predicted octanol–water partition coefficient (Wildman–Crippen LogP) is 1.23. The molecule has 0 spiro atoms. The first-order valence-corrected chi connectivity index (χ1v) is 6.11. The van der Waals surface area contributed by atoms with E-state index >= 15 is 0 Å². The third kappa shape index (κ3) is 3.34. The quantitative estimate of drug-likeness (QED) is 0.742. The van der Waals surface area contributed by atoms with Gasteiger partial charge in [0, 0.05) is 31.1 Å². The Kier molecular flexibility index (Phi) is 4.36. The lowest BCUT2D eigenvalue weighted by Crippen LogP contribution is -2.30. The van der Waals surface area contributed by atoms with E-state index in [9.17, 15) is 4.79 Å². The van der Waals surface area contributed by atoms with Crippen LogP contribution >= 0.6 is 0 Å². The molecule has 1 saturated heterocycles. The van der Waals surface area contributed by atoms with Gasteiger partial charge in [0.05, 0.1) is 0 Å². The molecule has 1 unspecified atom stereocenters. The number of hydrogen-bond acceptors (Lipinski definition) is 3. The molecule has 0 aliphatic carbocycles. The highest BCUT2D eigenvalue weighted by molar-refractivity contribution is 5.78. The second kappa shape index (κ2) is 6.21. The van der Waals surface area contributed by atoms with E-state index < -0.39 is 0 Å². The Hall–Kier alpha value is -1.81. The summed E-state index contributed by atoms with van der Waals surface area (Å²) in [6, 6.07) is 8.11. The average Bonchev–Trinajstić information content (AvgIpc) is 2.81. The minimum Gasteiger partial charge on any atom is -0.489 e. The van der Waals surface area contributed by atoms with Crippen LogP contribution in [0.5, 0.6) is 5.75 Å². The fourth-order valence-corrected chi connectivity index (χ4v) is 1.94. The molecule has 1 amide bonds. The van der Waals surface area contributed by atoms with Crippen molar-refractivity contribution in [2.45, 2.75) is 19.0 Å². The zero-order valence-electron chi connectivity index (χ0n) is 10.3. The normalized spacial score (nSPS) is 18.4. The maximum atomic E-state index is 11.1. The van der Waals surface area contributed by atoms with Crippen molar-refractivity contribution in [2.24, 2.45) is 0 Å². The van der Waals surface area contributed by atoms with Crippen LogP contribution in [0.25, 0.3) is 0 Å². The molecule has 0 bridgehead atoms. The van der Waals surface area contributed by atoms with E-state index in [4.69, 9.17) is 4.74 Å². The van der Waals surface area contributed by atoms with Gasteiger partial charge in [-0.15, -0.1) is 0 Å². The Bertz CT molecular complexity index is 432. The molecule has 1 aliphatic rings. The first kappa shape index (κ1) is 12.6. The molecule has 0 radical (unpaired) electrons. The Labute approximate surface area is 107 Å². The molecule has 0 saturated carbocycles. The molecule has 4 nitrogen and oxygen atoms in total. The monoisotopic (exact) mass is 246 g/mol. The molecule has 4 heteroatoms. The van der Waals surface area contributed by atoms with E-state index in [1.54, 1.807) is 6.08 Å². The molecule has 1 aromatic carbocycles. The fourth-order valence-electron chi connectivity index (χ4n) is 1.94. The van der Waals surface area contributed by atoms with Gasteiger partial charge in [-0.05, 0) is 6.07 Å². The van der Waals surface area contributed by atoms with E-state index in [0.717, 1.165) is 11.3 Å². The van der Waals surface area contributed by atoms with Crippen LogP contribution in [-0.2, 0) is 11.3 Å². The second-order valence-corrected chi connectivity index (χ2v) is 4.29. The minimum absolute atomic E-state index is 0.115. The number of rotatable bonds is 6. The SMILES string of the molecule is C=CCOc1ccccc1CNC1CNC(=O)C1. The van der Waals surface area contributed by atoms with Gasteiger partial charge in [-0.2, -0.15) is 0 Å². The lowest BCUT2D eigenvalue weighted by atomic mass is 10.1. The number of para-hydroxylation sites is 1. The van der Waals surface area contributed by atoms with Crippen molar-refractivity contribution in [2.75, 3.05) is 13.2 Å². The third-order valence-corrected chi connectivity index (χ3v) is 2.89. The molecule has 2 rings (SSSR count). The van der Waals surface area contributed by atoms with Crippen molar-refractivity contribution in [3.05, 3.63) is 42.5 Å². The lowest BCUT2D eigenvalue weighted by Gasteiger charge is -2.13. The van der Waals surface area contributed by atoms with Crippen LogP contribution in [0.15, 0.2) is 36.9 Å². The van der Waals surface area contributed by atoms with Crippen molar-refractivity contribution in [3.8, 4) is 5.75 Å². The number of hydrogen-bond donors (Lipinski definition) is 2. The zero-order chi connectivity index (χ0) is 12.8. The van der Waals surface area contributed by atoms with Crippen molar-refractivity contribution in [1.82, 2.24) is 10.6 Å². The number of ether oxygens (including phenoxy) is 1. The van der Waals surface area contributed by atoms with Gasteiger partial charge in [0.1, 0.15) is 12.4 Å². The van der Waals surface area contributed by atoms with E-state index in [0.29, 0.717) is 26.1 Å². The Morgan fingerprint density at radius 2 is 2.33 bits per heavy atom. The topological polar surface area (TPSA) is 50.4 Å². The standard InChI is InChI=1S/C14H18N2O2/c1-2-7-18-13-6-4-3-5-11(13)9-15-12-8-14(17)16-10-12/h2-6,12,15H,1,7-10H2,(H,16,17). The molecule has 1 heterocycles. The predicted molar refractivity (Wildman–Crippen MR) is 70.4 cm³/mol. The smallest absolute Gasteiger partial charge is 0.221 e. The van der Waals surface area contributed by atoms with Crippen LogP contribution in [0, 0.1) is 0 Å². The Morgan fingerprint density at radius 1 is 1.50 bits per heavy atom. The summed E-state index contributed by atoms with van der Waals surface area (Å²) in [5, 5.41) is 6.16.